The topological polar surface area (TPSA) is 36.4 Å². The number of anilines is 1. The maximum Gasteiger partial charge on any atom is 0.233 e. The molecule has 0 radical (unpaired) electrons. The first-order valence-corrected chi connectivity index (χ1v) is 10.9. The van der Waals surface area contributed by atoms with Crippen molar-refractivity contribution < 1.29 is 9.18 Å². The van der Waals surface area contributed by atoms with Crippen molar-refractivity contribution in [2.24, 2.45) is 0 Å². The van der Waals surface area contributed by atoms with E-state index in [4.69, 9.17) is 0 Å². The molecule has 0 spiro atoms. The van der Waals surface area contributed by atoms with Gasteiger partial charge in [0.1, 0.15) is 5.82 Å². The van der Waals surface area contributed by atoms with Gasteiger partial charge in [0.2, 0.25) is 5.91 Å². The molecule has 1 aromatic heterocycles. The van der Waals surface area contributed by atoms with E-state index in [2.05, 4.69) is 39.7 Å². The predicted molar refractivity (Wildman–Crippen MR) is 118 cm³/mol. The summed E-state index contributed by atoms with van der Waals surface area (Å²) in [6, 6.07) is 12.0. The van der Waals surface area contributed by atoms with Gasteiger partial charge in [-0.15, -0.1) is 0 Å². The Kier molecular flexibility index (Phi) is 7.15. The lowest BCUT2D eigenvalue weighted by atomic mass is 10.1. The molecule has 0 fully saturated rings. The van der Waals surface area contributed by atoms with Gasteiger partial charge < -0.3 is 4.90 Å². The molecule has 1 amide bonds. The zero-order valence-electron chi connectivity index (χ0n) is 16.0. The molecular weight excluding hydrogens is 441 g/mol. The third-order valence-corrected chi connectivity index (χ3v) is 6.21. The Balaban J connectivity index is 1.86. The van der Waals surface area contributed by atoms with Crippen LogP contribution in [-0.4, -0.2) is 42.0 Å². The number of carbonyl (C=O) groups is 1. The van der Waals surface area contributed by atoms with E-state index in [0.29, 0.717) is 11.7 Å². The Hall–Kier alpha value is -1.83. The van der Waals surface area contributed by atoms with E-state index in [1.807, 2.05) is 18.2 Å². The fourth-order valence-electron chi connectivity index (χ4n) is 2.98. The Morgan fingerprint density at radius 1 is 1.11 bits per heavy atom. The van der Waals surface area contributed by atoms with Gasteiger partial charge in [0.25, 0.3) is 0 Å². The number of carbonyl (C=O) groups excluding carboxylic acids is 1. The summed E-state index contributed by atoms with van der Waals surface area (Å²) in [6.07, 6.45) is 0.220. The molecule has 148 valence electrons. The van der Waals surface area contributed by atoms with Crippen molar-refractivity contribution in [1.82, 2.24) is 9.88 Å². The largest absolute Gasteiger partial charge is 0.302 e. The number of aromatic nitrogens is 1. The fourth-order valence-corrected chi connectivity index (χ4v) is 4.54. The quantitative estimate of drug-likeness (QED) is 0.465. The molecule has 0 saturated heterocycles. The summed E-state index contributed by atoms with van der Waals surface area (Å²) in [4.78, 5) is 21.8. The van der Waals surface area contributed by atoms with Gasteiger partial charge in [-0.05, 0) is 49.0 Å². The van der Waals surface area contributed by atoms with Crippen molar-refractivity contribution in [3.63, 3.8) is 0 Å². The lowest BCUT2D eigenvalue weighted by Gasteiger charge is -2.24. The van der Waals surface area contributed by atoms with Crippen molar-refractivity contribution in [2.45, 2.75) is 20.3 Å². The number of halogens is 2. The van der Waals surface area contributed by atoms with Crippen LogP contribution in [0.25, 0.3) is 10.2 Å². The van der Waals surface area contributed by atoms with Gasteiger partial charge in [0.15, 0.2) is 5.13 Å². The van der Waals surface area contributed by atoms with Crippen LogP contribution in [0, 0.1) is 5.82 Å². The minimum Gasteiger partial charge on any atom is -0.302 e. The van der Waals surface area contributed by atoms with E-state index in [1.165, 1.54) is 23.5 Å². The zero-order valence-corrected chi connectivity index (χ0v) is 18.4. The maximum atomic E-state index is 13.2. The van der Waals surface area contributed by atoms with Crippen LogP contribution in [0.15, 0.2) is 46.9 Å². The van der Waals surface area contributed by atoms with Crippen molar-refractivity contribution in [3.05, 3.63) is 58.3 Å². The normalized spacial score (nSPS) is 11.3. The van der Waals surface area contributed by atoms with Gasteiger partial charge in [-0.2, -0.15) is 0 Å². The van der Waals surface area contributed by atoms with Gasteiger partial charge in [-0.1, -0.05) is 53.2 Å². The second kappa shape index (κ2) is 9.58. The molecule has 28 heavy (non-hydrogen) atoms. The highest BCUT2D eigenvalue weighted by Crippen LogP contribution is 2.31. The molecule has 0 aliphatic carbocycles. The molecule has 0 unspecified atom stereocenters. The second-order valence-corrected chi connectivity index (χ2v) is 8.41. The SMILES string of the molecule is CCN(CC)CCN(C(=O)Cc1ccc(F)cc1)c1nc2ccc(Br)cc2s1. The van der Waals surface area contributed by atoms with Crippen molar-refractivity contribution in [3.8, 4) is 0 Å². The predicted octanol–water partition coefficient (Wildman–Crippen LogP) is 5.12. The summed E-state index contributed by atoms with van der Waals surface area (Å²) >= 11 is 5.00. The monoisotopic (exact) mass is 463 g/mol. The van der Waals surface area contributed by atoms with Gasteiger partial charge in [0.05, 0.1) is 16.6 Å². The lowest BCUT2D eigenvalue weighted by molar-refractivity contribution is -0.118. The van der Waals surface area contributed by atoms with E-state index in [9.17, 15) is 9.18 Å². The number of hydrogen-bond donors (Lipinski definition) is 0. The van der Waals surface area contributed by atoms with Crippen LogP contribution in [0.3, 0.4) is 0 Å². The van der Waals surface area contributed by atoms with E-state index in [-0.39, 0.29) is 18.1 Å². The summed E-state index contributed by atoms with van der Waals surface area (Å²) in [5.41, 5.74) is 1.67. The summed E-state index contributed by atoms with van der Waals surface area (Å²) in [5.74, 6) is -0.330. The highest BCUT2D eigenvalue weighted by molar-refractivity contribution is 9.10. The number of hydrogen-bond acceptors (Lipinski definition) is 4. The number of amides is 1. The van der Waals surface area contributed by atoms with E-state index in [1.54, 1.807) is 17.0 Å². The molecule has 0 atom stereocenters. The molecule has 3 aromatic rings. The number of nitrogens with zero attached hydrogens (tertiary/aromatic N) is 3. The second-order valence-electron chi connectivity index (χ2n) is 6.48. The Morgan fingerprint density at radius 2 is 1.82 bits per heavy atom. The molecule has 0 saturated carbocycles. The minimum atomic E-state index is -0.300. The van der Waals surface area contributed by atoms with Crippen LogP contribution in [0.4, 0.5) is 9.52 Å². The Labute approximate surface area is 177 Å². The number of fused-ring (bicyclic) bond motifs is 1. The van der Waals surface area contributed by atoms with Gasteiger partial charge in [-0.3, -0.25) is 9.69 Å². The average Bonchev–Trinajstić information content (AvgIpc) is 3.09. The summed E-state index contributed by atoms with van der Waals surface area (Å²) in [5, 5.41) is 0.701. The standard InChI is InChI=1S/C21H23BrFN3OS/c1-3-25(4-2)11-12-26(20(27)13-15-5-8-17(23)9-6-15)21-24-18-10-7-16(22)14-19(18)28-21/h5-10,14H,3-4,11-13H2,1-2H3. The summed E-state index contributed by atoms with van der Waals surface area (Å²) in [7, 11) is 0. The van der Waals surface area contributed by atoms with E-state index >= 15 is 0 Å². The van der Waals surface area contributed by atoms with Crippen LogP contribution in [-0.2, 0) is 11.2 Å². The number of benzene rings is 2. The molecule has 0 N–H and O–H groups in total. The first-order valence-electron chi connectivity index (χ1n) is 9.33. The molecule has 0 aliphatic heterocycles. The van der Waals surface area contributed by atoms with Gasteiger partial charge >= 0.3 is 0 Å². The van der Waals surface area contributed by atoms with Gasteiger partial charge in [0, 0.05) is 17.6 Å². The van der Waals surface area contributed by atoms with Crippen molar-refractivity contribution in [1.29, 1.82) is 0 Å². The fraction of sp³-hybridized carbons (Fsp3) is 0.333. The van der Waals surface area contributed by atoms with Crippen LogP contribution in [0.1, 0.15) is 19.4 Å². The van der Waals surface area contributed by atoms with E-state index in [0.717, 1.165) is 39.9 Å². The highest BCUT2D eigenvalue weighted by Gasteiger charge is 2.21. The Morgan fingerprint density at radius 3 is 2.50 bits per heavy atom. The molecule has 2 aromatic carbocycles. The first-order chi connectivity index (χ1) is 13.5. The smallest absolute Gasteiger partial charge is 0.233 e. The Bertz CT molecular complexity index is 940. The average molecular weight is 464 g/mol. The third-order valence-electron chi connectivity index (χ3n) is 4.67. The third kappa shape index (κ3) is 5.16. The minimum absolute atomic E-state index is 0.0307. The van der Waals surface area contributed by atoms with Crippen molar-refractivity contribution >= 4 is 48.5 Å². The number of likely N-dealkylation sites (N-methyl/N-ethyl adjacent to an activating group) is 1. The van der Waals surface area contributed by atoms with Crippen LogP contribution >= 0.6 is 27.3 Å². The number of rotatable bonds is 8. The zero-order chi connectivity index (χ0) is 20.1. The van der Waals surface area contributed by atoms with Crippen LogP contribution in [0.2, 0.25) is 0 Å². The molecular formula is C21H23BrFN3OS. The maximum absolute atomic E-state index is 13.2. The van der Waals surface area contributed by atoms with Crippen molar-refractivity contribution in [2.75, 3.05) is 31.1 Å². The summed E-state index contributed by atoms with van der Waals surface area (Å²) in [6.45, 7) is 7.45. The van der Waals surface area contributed by atoms with E-state index < -0.39 is 0 Å². The molecule has 0 aliphatic rings. The number of thiazole rings is 1. The molecule has 3 rings (SSSR count). The first kappa shape index (κ1) is 20.9. The molecule has 7 heteroatoms. The van der Waals surface area contributed by atoms with Crippen LogP contribution < -0.4 is 4.90 Å². The lowest BCUT2D eigenvalue weighted by Crippen LogP contribution is -2.39. The molecule has 0 bridgehead atoms. The van der Waals surface area contributed by atoms with Gasteiger partial charge in [-0.25, -0.2) is 9.37 Å². The summed E-state index contributed by atoms with van der Waals surface area (Å²) < 4.78 is 15.2. The van der Waals surface area contributed by atoms with Crippen LogP contribution in [0.5, 0.6) is 0 Å². The highest BCUT2D eigenvalue weighted by atomic mass is 79.9. The molecule has 4 nitrogen and oxygen atoms in total. The molecule has 1 heterocycles.